The number of hydrogen-bond donors (Lipinski definition) is 1. The van der Waals surface area contributed by atoms with Crippen LogP contribution in [-0.4, -0.2) is 20.3 Å². The van der Waals surface area contributed by atoms with E-state index in [0.717, 1.165) is 23.3 Å². The molecule has 0 radical (unpaired) electrons. The number of benzene rings is 2. The third-order valence-electron chi connectivity index (χ3n) is 3.65. The molecule has 118 valence electrons. The lowest BCUT2D eigenvalue weighted by Crippen LogP contribution is -2.15. The number of methoxy groups -OCH3 is 1. The van der Waals surface area contributed by atoms with Gasteiger partial charge in [-0.15, -0.1) is 0 Å². The summed E-state index contributed by atoms with van der Waals surface area (Å²) < 4.78 is 24.4. The molecule has 0 heterocycles. The van der Waals surface area contributed by atoms with Gasteiger partial charge in [0.15, 0.2) is 11.6 Å². The SMILES string of the molecule is CCOc1ccc(C(CN)Cc2ccc(OC)cc2)cc1F. The fourth-order valence-electron chi connectivity index (χ4n) is 2.43. The van der Waals surface area contributed by atoms with Gasteiger partial charge in [-0.05, 0) is 55.3 Å². The maximum absolute atomic E-state index is 14.0. The largest absolute Gasteiger partial charge is 0.497 e. The molecule has 0 aliphatic carbocycles. The maximum Gasteiger partial charge on any atom is 0.165 e. The number of nitrogens with two attached hydrogens (primary N) is 1. The molecule has 0 saturated heterocycles. The van der Waals surface area contributed by atoms with Crippen molar-refractivity contribution < 1.29 is 13.9 Å². The van der Waals surface area contributed by atoms with Gasteiger partial charge in [0.2, 0.25) is 0 Å². The van der Waals surface area contributed by atoms with Crippen molar-refractivity contribution in [1.82, 2.24) is 0 Å². The van der Waals surface area contributed by atoms with Crippen LogP contribution < -0.4 is 15.2 Å². The van der Waals surface area contributed by atoms with Gasteiger partial charge in [0.25, 0.3) is 0 Å². The van der Waals surface area contributed by atoms with Gasteiger partial charge >= 0.3 is 0 Å². The average molecular weight is 303 g/mol. The van der Waals surface area contributed by atoms with Crippen LogP contribution in [0.25, 0.3) is 0 Å². The first-order valence-electron chi connectivity index (χ1n) is 7.43. The fourth-order valence-corrected chi connectivity index (χ4v) is 2.43. The van der Waals surface area contributed by atoms with Crippen LogP contribution in [0, 0.1) is 5.82 Å². The minimum absolute atomic E-state index is 0.0681. The fraction of sp³-hybridized carbons (Fsp3) is 0.333. The number of hydrogen-bond acceptors (Lipinski definition) is 3. The highest BCUT2D eigenvalue weighted by Gasteiger charge is 2.14. The van der Waals surface area contributed by atoms with E-state index < -0.39 is 0 Å². The summed E-state index contributed by atoms with van der Waals surface area (Å²) in [6, 6.07) is 12.9. The Labute approximate surface area is 130 Å². The van der Waals surface area contributed by atoms with Crippen LogP contribution in [0.15, 0.2) is 42.5 Å². The smallest absolute Gasteiger partial charge is 0.165 e. The standard InChI is InChI=1S/C18H22FNO2/c1-3-22-18-9-6-14(11-17(18)19)15(12-20)10-13-4-7-16(21-2)8-5-13/h4-9,11,15H,3,10,12,20H2,1-2H3. The molecule has 2 aromatic carbocycles. The van der Waals surface area contributed by atoms with Gasteiger partial charge in [-0.2, -0.15) is 0 Å². The zero-order valence-corrected chi connectivity index (χ0v) is 13.0. The van der Waals surface area contributed by atoms with Gasteiger partial charge in [0.1, 0.15) is 5.75 Å². The summed E-state index contributed by atoms with van der Waals surface area (Å²) in [5, 5.41) is 0. The zero-order valence-electron chi connectivity index (χ0n) is 13.0. The summed E-state index contributed by atoms with van der Waals surface area (Å²) in [5.74, 6) is 0.831. The molecular formula is C18H22FNO2. The van der Waals surface area contributed by atoms with Crippen molar-refractivity contribution >= 4 is 0 Å². The first kappa shape index (κ1) is 16.3. The molecule has 0 amide bonds. The molecule has 2 aromatic rings. The summed E-state index contributed by atoms with van der Waals surface area (Å²) in [6.07, 6.45) is 0.758. The predicted octanol–water partition coefficient (Wildman–Crippen LogP) is 3.52. The summed E-state index contributed by atoms with van der Waals surface area (Å²) in [4.78, 5) is 0. The van der Waals surface area contributed by atoms with Crippen molar-refractivity contribution in [2.24, 2.45) is 5.73 Å². The van der Waals surface area contributed by atoms with Crippen LogP contribution >= 0.6 is 0 Å². The Morgan fingerprint density at radius 3 is 2.41 bits per heavy atom. The third-order valence-corrected chi connectivity index (χ3v) is 3.65. The second-order valence-electron chi connectivity index (χ2n) is 5.11. The quantitative estimate of drug-likeness (QED) is 0.851. The van der Waals surface area contributed by atoms with Gasteiger partial charge in [0.05, 0.1) is 13.7 Å². The highest BCUT2D eigenvalue weighted by atomic mass is 19.1. The molecule has 1 atom stereocenters. The summed E-state index contributed by atoms with van der Waals surface area (Å²) in [6.45, 7) is 2.74. The number of rotatable bonds is 7. The van der Waals surface area contributed by atoms with E-state index in [1.165, 1.54) is 6.07 Å². The van der Waals surface area contributed by atoms with Gasteiger partial charge in [-0.3, -0.25) is 0 Å². The molecule has 0 saturated carbocycles. The van der Waals surface area contributed by atoms with Crippen molar-refractivity contribution in [3.63, 3.8) is 0 Å². The molecule has 0 spiro atoms. The van der Waals surface area contributed by atoms with E-state index in [-0.39, 0.29) is 17.5 Å². The molecule has 3 nitrogen and oxygen atoms in total. The first-order chi connectivity index (χ1) is 10.7. The lowest BCUT2D eigenvalue weighted by atomic mass is 9.92. The highest BCUT2D eigenvalue weighted by Crippen LogP contribution is 2.26. The van der Waals surface area contributed by atoms with E-state index in [4.69, 9.17) is 15.2 Å². The molecule has 0 bridgehead atoms. The first-order valence-corrected chi connectivity index (χ1v) is 7.43. The molecule has 0 fully saturated rings. The summed E-state index contributed by atoms with van der Waals surface area (Å²) in [5.41, 5.74) is 7.91. The van der Waals surface area contributed by atoms with Crippen molar-refractivity contribution in [2.75, 3.05) is 20.3 Å². The Morgan fingerprint density at radius 1 is 1.14 bits per heavy atom. The summed E-state index contributed by atoms with van der Waals surface area (Å²) in [7, 11) is 1.64. The van der Waals surface area contributed by atoms with E-state index in [2.05, 4.69) is 0 Å². The normalized spacial score (nSPS) is 12.0. The Morgan fingerprint density at radius 2 is 1.86 bits per heavy atom. The predicted molar refractivity (Wildman–Crippen MR) is 86.1 cm³/mol. The zero-order chi connectivity index (χ0) is 15.9. The van der Waals surface area contributed by atoms with Crippen LogP contribution in [-0.2, 0) is 6.42 Å². The summed E-state index contributed by atoms with van der Waals surface area (Å²) >= 11 is 0. The van der Waals surface area contributed by atoms with E-state index >= 15 is 0 Å². The minimum Gasteiger partial charge on any atom is -0.497 e. The maximum atomic E-state index is 14.0. The topological polar surface area (TPSA) is 44.5 Å². The second-order valence-corrected chi connectivity index (χ2v) is 5.11. The van der Waals surface area contributed by atoms with Crippen molar-refractivity contribution in [2.45, 2.75) is 19.3 Å². The Hall–Kier alpha value is -2.07. The molecule has 2 N–H and O–H groups in total. The molecule has 0 aliphatic heterocycles. The Bertz CT molecular complexity index is 599. The molecule has 2 rings (SSSR count). The molecule has 1 unspecified atom stereocenters. The average Bonchev–Trinajstić information content (AvgIpc) is 2.55. The molecule has 22 heavy (non-hydrogen) atoms. The van der Waals surface area contributed by atoms with E-state index in [1.807, 2.05) is 37.3 Å². The van der Waals surface area contributed by atoms with Gasteiger partial charge in [-0.25, -0.2) is 4.39 Å². The van der Waals surface area contributed by atoms with Gasteiger partial charge in [0, 0.05) is 5.92 Å². The van der Waals surface area contributed by atoms with Crippen molar-refractivity contribution in [3.8, 4) is 11.5 Å². The van der Waals surface area contributed by atoms with Crippen LogP contribution in [0.3, 0.4) is 0 Å². The number of halogens is 1. The Kier molecular flexibility index (Phi) is 5.78. The van der Waals surface area contributed by atoms with E-state index in [9.17, 15) is 4.39 Å². The Balaban J connectivity index is 2.14. The lowest BCUT2D eigenvalue weighted by Gasteiger charge is -2.16. The van der Waals surface area contributed by atoms with Crippen LogP contribution in [0.5, 0.6) is 11.5 Å². The van der Waals surface area contributed by atoms with Crippen molar-refractivity contribution in [1.29, 1.82) is 0 Å². The van der Waals surface area contributed by atoms with E-state index in [0.29, 0.717) is 13.2 Å². The van der Waals surface area contributed by atoms with Crippen LogP contribution in [0.2, 0.25) is 0 Å². The van der Waals surface area contributed by atoms with Crippen LogP contribution in [0.1, 0.15) is 24.0 Å². The minimum atomic E-state index is -0.340. The number of ether oxygens (including phenoxy) is 2. The lowest BCUT2D eigenvalue weighted by molar-refractivity contribution is 0.321. The van der Waals surface area contributed by atoms with Crippen molar-refractivity contribution in [3.05, 3.63) is 59.4 Å². The van der Waals surface area contributed by atoms with Gasteiger partial charge in [-0.1, -0.05) is 18.2 Å². The molecule has 0 aromatic heterocycles. The third kappa shape index (κ3) is 3.98. The van der Waals surface area contributed by atoms with E-state index in [1.54, 1.807) is 13.2 Å². The molecule has 4 heteroatoms. The molecular weight excluding hydrogens is 281 g/mol. The second kappa shape index (κ2) is 7.80. The highest BCUT2D eigenvalue weighted by molar-refractivity contribution is 5.34. The monoisotopic (exact) mass is 303 g/mol. The van der Waals surface area contributed by atoms with Gasteiger partial charge < -0.3 is 15.2 Å². The molecule has 0 aliphatic rings. The van der Waals surface area contributed by atoms with Crippen LogP contribution in [0.4, 0.5) is 4.39 Å².